The summed E-state index contributed by atoms with van der Waals surface area (Å²) >= 11 is 0. The van der Waals surface area contributed by atoms with Gasteiger partial charge in [-0.2, -0.15) is 0 Å². The molecule has 0 radical (unpaired) electrons. The van der Waals surface area contributed by atoms with Crippen LogP contribution in [-0.4, -0.2) is 0 Å². The van der Waals surface area contributed by atoms with Gasteiger partial charge in [-0.15, -0.1) is 0 Å². The molecule has 324 valence electrons. The van der Waals surface area contributed by atoms with Crippen LogP contribution < -0.4 is 14.7 Å². The van der Waals surface area contributed by atoms with E-state index in [2.05, 4.69) is 243 Å². The van der Waals surface area contributed by atoms with Crippen LogP contribution in [0.4, 0.5) is 45.5 Å². The smallest absolute Gasteiger partial charge is 0.0703 e. The van der Waals surface area contributed by atoms with E-state index < -0.39 is 0 Å². The van der Waals surface area contributed by atoms with Gasteiger partial charge in [-0.1, -0.05) is 161 Å². The lowest BCUT2D eigenvalue weighted by Crippen LogP contribution is -2.28. The number of nitrogens with zero attached hydrogens (tertiary/aromatic N) is 3. The van der Waals surface area contributed by atoms with E-state index in [0.29, 0.717) is 0 Å². The average molecular weight is 864 g/mol. The van der Waals surface area contributed by atoms with Gasteiger partial charge in [0.1, 0.15) is 0 Å². The van der Waals surface area contributed by atoms with Crippen molar-refractivity contribution >= 4 is 63.2 Å². The van der Waals surface area contributed by atoms with Gasteiger partial charge in [-0.3, -0.25) is 0 Å². The Morgan fingerprint density at radius 3 is 1.43 bits per heavy atom. The van der Waals surface area contributed by atoms with Gasteiger partial charge in [0, 0.05) is 39.3 Å². The zero-order valence-electron chi connectivity index (χ0n) is 38.7. The first kappa shape index (κ1) is 39.7. The second kappa shape index (κ2) is 15.0. The fourth-order valence-corrected chi connectivity index (χ4v) is 12.2. The Bertz CT molecular complexity index is 3340. The highest BCUT2D eigenvalue weighted by molar-refractivity contribution is 6.00. The van der Waals surface area contributed by atoms with Crippen molar-refractivity contribution in [3.8, 4) is 11.1 Å². The summed E-state index contributed by atoms with van der Waals surface area (Å²) in [7, 11) is 0. The molecule has 5 aliphatic rings. The first-order valence-electron chi connectivity index (χ1n) is 24.1. The van der Waals surface area contributed by atoms with Gasteiger partial charge in [-0.25, -0.2) is 0 Å². The van der Waals surface area contributed by atoms with Crippen molar-refractivity contribution < 1.29 is 0 Å². The SMILES string of the molecule is CC1(C)C2=C(CCC(N3c4ccccc4N(c4ccccc4)c4ccccc43)=C2)c2ccc(C=Cc3ccc4c(c3)C(C)(C)c3cc(N5c6ccccc6CCc6ccccc65)ccc3-4)cc21. The van der Waals surface area contributed by atoms with Gasteiger partial charge in [0.2, 0.25) is 0 Å². The standard InChI is InChI=1S/C64H53N3/c1-63(2)53-38-42(28-34-49(53)51-36-32-47(40-55(51)63)66-57-20-10-8-16-44(57)30-31-45-17-9-11-21-58(45)66)26-27-43-29-35-50-52-37-33-48(41-56(52)64(3,4)54(50)39-43)67-61-24-14-12-22-59(61)65(46-18-6-5-7-19-46)60-23-13-15-25-62(60)67/h5-29,32,34-36,38-41H,30-31,33,37H2,1-4H3. The number of anilines is 8. The molecule has 0 saturated heterocycles. The van der Waals surface area contributed by atoms with Crippen molar-refractivity contribution in [3.05, 3.63) is 244 Å². The Labute approximate surface area is 395 Å². The van der Waals surface area contributed by atoms with Crippen LogP contribution in [0.5, 0.6) is 0 Å². The minimum atomic E-state index is -0.149. The molecule has 0 fully saturated rings. The average Bonchev–Trinajstić information content (AvgIpc) is 3.63. The third-order valence-corrected chi connectivity index (χ3v) is 15.6. The third kappa shape index (κ3) is 6.10. The molecule has 0 aromatic heterocycles. The zero-order valence-corrected chi connectivity index (χ0v) is 38.7. The fourth-order valence-electron chi connectivity index (χ4n) is 12.2. The van der Waals surface area contributed by atoms with Crippen LogP contribution in [0.2, 0.25) is 0 Å². The zero-order chi connectivity index (χ0) is 45.0. The molecule has 8 aromatic rings. The molecule has 0 unspecified atom stereocenters. The van der Waals surface area contributed by atoms with Gasteiger partial charge in [0.15, 0.2) is 0 Å². The topological polar surface area (TPSA) is 9.72 Å². The van der Waals surface area contributed by atoms with Gasteiger partial charge in [0.05, 0.1) is 22.7 Å². The first-order chi connectivity index (χ1) is 32.7. The van der Waals surface area contributed by atoms with Crippen LogP contribution in [0.15, 0.2) is 199 Å². The minimum absolute atomic E-state index is 0.134. The second-order valence-corrected chi connectivity index (χ2v) is 20.0. The molecule has 0 saturated carbocycles. The lowest BCUT2D eigenvalue weighted by molar-refractivity contribution is 0.648. The quantitative estimate of drug-likeness (QED) is 0.160. The van der Waals surface area contributed by atoms with Crippen molar-refractivity contribution in [1.29, 1.82) is 0 Å². The number of hydrogen-bond donors (Lipinski definition) is 0. The molecular formula is C64H53N3. The van der Waals surface area contributed by atoms with Crippen molar-refractivity contribution in [2.75, 3.05) is 14.7 Å². The minimum Gasteiger partial charge on any atom is -0.310 e. The maximum atomic E-state index is 2.53. The summed E-state index contributed by atoms with van der Waals surface area (Å²) < 4.78 is 0. The predicted octanol–water partition coefficient (Wildman–Crippen LogP) is 17.1. The van der Waals surface area contributed by atoms with E-state index >= 15 is 0 Å². The summed E-state index contributed by atoms with van der Waals surface area (Å²) in [6, 6.07) is 67.8. The molecule has 0 N–H and O–H groups in total. The highest BCUT2D eigenvalue weighted by atomic mass is 15.3. The summed E-state index contributed by atoms with van der Waals surface area (Å²) in [5, 5.41) is 0. The van der Waals surface area contributed by atoms with Gasteiger partial charge in [0.25, 0.3) is 0 Å². The molecule has 0 atom stereocenters. The predicted molar refractivity (Wildman–Crippen MR) is 282 cm³/mol. The summed E-state index contributed by atoms with van der Waals surface area (Å²) in [5.74, 6) is 0. The number of benzene rings is 8. The number of hydrogen-bond acceptors (Lipinski definition) is 3. The van der Waals surface area contributed by atoms with E-state index in [0.717, 1.165) is 25.7 Å². The van der Waals surface area contributed by atoms with Crippen molar-refractivity contribution in [2.45, 2.75) is 64.2 Å². The lowest BCUT2D eigenvalue weighted by Gasteiger charge is -2.42. The molecule has 3 heteroatoms. The van der Waals surface area contributed by atoms with E-state index in [1.807, 2.05) is 0 Å². The van der Waals surface area contributed by atoms with E-state index in [9.17, 15) is 0 Å². The van der Waals surface area contributed by atoms with Crippen molar-refractivity contribution in [1.82, 2.24) is 0 Å². The maximum absolute atomic E-state index is 2.53. The van der Waals surface area contributed by atoms with Crippen LogP contribution in [0.1, 0.15) is 85.0 Å². The van der Waals surface area contributed by atoms with Crippen LogP contribution in [0.3, 0.4) is 0 Å². The molecule has 2 aliphatic heterocycles. The molecule has 8 aromatic carbocycles. The summed E-state index contributed by atoms with van der Waals surface area (Å²) in [5.41, 5.74) is 27.3. The van der Waals surface area contributed by atoms with Gasteiger partial charge >= 0.3 is 0 Å². The summed E-state index contributed by atoms with van der Waals surface area (Å²) in [6.07, 6.45) is 11.2. The van der Waals surface area contributed by atoms with E-state index in [4.69, 9.17) is 0 Å². The Kier molecular flexibility index (Phi) is 8.86. The monoisotopic (exact) mass is 863 g/mol. The van der Waals surface area contributed by atoms with Gasteiger partial charge in [-0.05, 0) is 159 Å². The number of para-hydroxylation sites is 7. The number of fused-ring (bicyclic) bond motifs is 9. The van der Waals surface area contributed by atoms with Crippen molar-refractivity contribution in [3.63, 3.8) is 0 Å². The van der Waals surface area contributed by atoms with E-state index in [1.54, 1.807) is 0 Å². The Morgan fingerprint density at radius 1 is 0.373 bits per heavy atom. The van der Waals surface area contributed by atoms with E-state index in [-0.39, 0.29) is 10.8 Å². The normalized spacial score (nSPS) is 16.8. The number of rotatable bonds is 5. The first-order valence-corrected chi connectivity index (χ1v) is 24.1. The molecule has 3 aliphatic carbocycles. The van der Waals surface area contributed by atoms with Crippen LogP contribution >= 0.6 is 0 Å². The van der Waals surface area contributed by atoms with Crippen molar-refractivity contribution in [2.24, 2.45) is 0 Å². The third-order valence-electron chi connectivity index (χ3n) is 15.6. The van der Waals surface area contributed by atoms with E-state index in [1.165, 1.54) is 118 Å². The second-order valence-electron chi connectivity index (χ2n) is 20.0. The molecule has 2 heterocycles. The van der Waals surface area contributed by atoms with Crippen LogP contribution in [0.25, 0.3) is 28.9 Å². The maximum Gasteiger partial charge on any atom is 0.0703 e. The molecule has 0 amide bonds. The highest BCUT2D eigenvalue weighted by Gasteiger charge is 2.41. The summed E-state index contributed by atoms with van der Waals surface area (Å²) in [4.78, 5) is 7.44. The molecule has 0 bridgehead atoms. The molecule has 67 heavy (non-hydrogen) atoms. The largest absolute Gasteiger partial charge is 0.310 e. The van der Waals surface area contributed by atoms with Gasteiger partial charge < -0.3 is 14.7 Å². The van der Waals surface area contributed by atoms with Crippen LogP contribution in [0, 0.1) is 0 Å². The Morgan fingerprint density at radius 2 is 0.836 bits per heavy atom. The molecule has 3 nitrogen and oxygen atoms in total. The molecule has 0 spiro atoms. The number of allylic oxidation sites excluding steroid dienone is 4. The fraction of sp³-hybridized carbons (Fsp3) is 0.156. The van der Waals surface area contributed by atoms with Crippen LogP contribution in [-0.2, 0) is 23.7 Å². The lowest BCUT2D eigenvalue weighted by atomic mass is 9.79. The Hall–Kier alpha value is -7.62. The highest BCUT2D eigenvalue weighted by Crippen LogP contribution is 2.57. The number of aryl methyl sites for hydroxylation is 2. The Balaban J connectivity index is 0.795. The molecule has 13 rings (SSSR count). The summed E-state index contributed by atoms with van der Waals surface area (Å²) in [6.45, 7) is 9.65. The molecular weight excluding hydrogens is 811 g/mol.